The predicted molar refractivity (Wildman–Crippen MR) is 106 cm³/mol. The zero-order valence-corrected chi connectivity index (χ0v) is 17.3. The molecule has 0 spiro atoms. The molecule has 1 saturated heterocycles. The van der Waals surface area contributed by atoms with Crippen LogP contribution in [0.3, 0.4) is 0 Å². The molecule has 150 valence electrons. The van der Waals surface area contributed by atoms with E-state index in [0.29, 0.717) is 13.2 Å². The van der Waals surface area contributed by atoms with Crippen molar-refractivity contribution in [2.24, 2.45) is 11.8 Å². The highest BCUT2D eigenvalue weighted by molar-refractivity contribution is 7.15. The molecule has 0 aromatic carbocycles. The van der Waals surface area contributed by atoms with Crippen molar-refractivity contribution >= 4 is 28.3 Å². The van der Waals surface area contributed by atoms with Gasteiger partial charge in [-0.3, -0.25) is 9.59 Å². The van der Waals surface area contributed by atoms with Gasteiger partial charge >= 0.3 is 0 Å². The minimum Gasteiger partial charge on any atom is -0.383 e. The first-order chi connectivity index (χ1) is 13.0. The molecule has 2 aliphatic rings. The summed E-state index contributed by atoms with van der Waals surface area (Å²) in [5, 5.41) is 3.99. The fourth-order valence-corrected chi connectivity index (χ4v) is 4.86. The Bertz CT molecular complexity index is 668. The molecule has 27 heavy (non-hydrogen) atoms. The molecule has 1 aliphatic heterocycles. The lowest BCUT2D eigenvalue weighted by Crippen LogP contribution is -2.49. The van der Waals surface area contributed by atoms with Gasteiger partial charge in [0.05, 0.1) is 12.3 Å². The summed E-state index contributed by atoms with van der Waals surface area (Å²) in [5.41, 5.74) is 1.15. The summed E-state index contributed by atoms with van der Waals surface area (Å²) >= 11 is 1.71. The highest BCUT2D eigenvalue weighted by Gasteiger charge is 2.30. The number of methoxy groups -OCH3 is 1. The number of anilines is 1. The van der Waals surface area contributed by atoms with E-state index >= 15 is 0 Å². The second-order valence-corrected chi connectivity index (χ2v) is 8.62. The second kappa shape index (κ2) is 9.01. The fourth-order valence-electron chi connectivity index (χ4n) is 3.62. The van der Waals surface area contributed by atoms with E-state index in [-0.39, 0.29) is 23.7 Å². The normalized spacial score (nSPS) is 19.9. The van der Waals surface area contributed by atoms with Crippen molar-refractivity contribution in [3.8, 4) is 0 Å². The van der Waals surface area contributed by atoms with Crippen molar-refractivity contribution in [3.63, 3.8) is 0 Å². The summed E-state index contributed by atoms with van der Waals surface area (Å²) in [7, 11) is 1.64. The van der Waals surface area contributed by atoms with Crippen LogP contribution in [0.4, 0.5) is 5.13 Å². The van der Waals surface area contributed by atoms with Crippen LogP contribution in [0.15, 0.2) is 0 Å². The predicted octanol–water partition coefficient (Wildman–Crippen LogP) is 1.32. The van der Waals surface area contributed by atoms with Gasteiger partial charge in [-0.1, -0.05) is 13.8 Å². The van der Waals surface area contributed by atoms with E-state index in [9.17, 15) is 9.59 Å². The first-order valence-electron chi connectivity index (χ1n) is 9.78. The van der Waals surface area contributed by atoms with Crippen molar-refractivity contribution in [3.05, 3.63) is 10.6 Å². The third-order valence-corrected chi connectivity index (χ3v) is 6.44. The van der Waals surface area contributed by atoms with Gasteiger partial charge in [-0.05, 0) is 19.3 Å². The van der Waals surface area contributed by atoms with E-state index in [2.05, 4.69) is 10.2 Å². The number of carbonyl (C=O) groups is 2. The number of thiazole rings is 1. The SMILES string of the molecule is COCCNC(=O)[C@@H]1CCc2nc(N3CCN(C(=O)C(C)C)CC3)sc2C1. The van der Waals surface area contributed by atoms with E-state index in [1.807, 2.05) is 18.7 Å². The number of fused-ring (bicyclic) bond motifs is 1. The van der Waals surface area contributed by atoms with Crippen LogP contribution in [0.2, 0.25) is 0 Å². The molecule has 1 atom stereocenters. The average Bonchev–Trinajstić information content (AvgIpc) is 3.10. The van der Waals surface area contributed by atoms with Gasteiger partial charge in [0.1, 0.15) is 0 Å². The summed E-state index contributed by atoms with van der Waals surface area (Å²) in [6.07, 6.45) is 2.49. The van der Waals surface area contributed by atoms with Gasteiger partial charge in [-0.2, -0.15) is 0 Å². The molecule has 1 aromatic heterocycles. The fraction of sp³-hybridized carbons (Fsp3) is 0.737. The molecule has 0 radical (unpaired) electrons. The summed E-state index contributed by atoms with van der Waals surface area (Å²) in [6, 6.07) is 0. The molecule has 0 saturated carbocycles. The van der Waals surface area contributed by atoms with Gasteiger partial charge in [0.15, 0.2) is 5.13 Å². The Balaban J connectivity index is 1.56. The number of amides is 2. The molecule has 0 bridgehead atoms. The van der Waals surface area contributed by atoms with Gasteiger partial charge in [-0.25, -0.2) is 4.98 Å². The lowest BCUT2D eigenvalue weighted by atomic mass is 9.90. The summed E-state index contributed by atoms with van der Waals surface area (Å²) in [6.45, 7) is 8.16. The zero-order chi connectivity index (χ0) is 19.4. The van der Waals surface area contributed by atoms with Crippen molar-refractivity contribution in [1.82, 2.24) is 15.2 Å². The van der Waals surface area contributed by atoms with Gasteiger partial charge in [0.2, 0.25) is 11.8 Å². The Kier molecular flexibility index (Phi) is 6.70. The van der Waals surface area contributed by atoms with E-state index in [4.69, 9.17) is 9.72 Å². The van der Waals surface area contributed by atoms with Crippen LogP contribution in [0.25, 0.3) is 0 Å². The summed E-state index contributed by atoms with van der Waals surface area (Å²) in [5.74, 6) is 0.433. The molecule has 1 aliphatic carbocycles. The van der Waals surface area contributed by atoms with Crippen LogP contribution in [0.5, 0.6) is 0 Å². The molecule has 3 rings (SSSR count). The molecule has 1 fully saturated rings. The van der Waals surface area contributed by atoms with Crippen LogP contribution < -0.4 is 10.2 Å². The summed E-state index contributed by atoms with van der Waals surface area (Å²) in [4.78, 5) is 34.8. The lowest BCUT2D eigenvalue weighted by Gasteiger charge is -2.35. The minimum absolute atomic E-state index is 0.0307. The molecule has 2 amide bonds. The minimum atomic E-state index is 0.0307. The first kappa shape index (κ1) is 20.1. The quantitative estimate of drug-likeness (QED) is 0.737. The second-order valence-electron chi connectivity index (χ2n) is 7.56. The van der Waals surface area contributed by atoms with Crippen LogP contribution >= 0.6 is 11.3 Å². The molecule has 1 aromatic rings. The first-order valence-corrected chi connectivity index (χ1v) is 10.6. The maximum Gasteiger partial charge on any atom is 0.225 e. The van der Waals surface area contributed by atoms with E-state index in [0.717, 1.165) is 56.3 Å². The number of carbonyl (C=O) groups excluding carboxylic acids is 2. The molecular formula is C19H30N4O3S. The van der Waals surface area contributed by atoms with Crippen molar-refractivity contribution in [2.75, 3.05) is 51.3 Å². The molecule has 7 nitrogen and oxygen atoms in total. The average molecular weight is 395 g/mol. The number of ether oxygens (including phenoxy) is 1. The number of aromatic nitrogens is 1. The number of nitrogens with one attached hydrogen (secondary N) is 1. The molecule has 2 heterocycles. The van der Waals surface area contributed by atoms with E-state index < -0.39 is 0 Å². The molecule has 0 unspecified atom stereocenters. The van der Waals surface area contributed by atoms with Crippen molar-refractivity contribution < 1.29 is 14.3 Å². The number of piperazine rings is 1. The number of hydrogen-bond donors (Lipinski definition) is 1. The van der Waals surface area contributed by atoms with Gasteiger partial charge in [0.25, 0.3) is 0 Å². The van der Waals surface area contributed by atoms with Crippen LogP contribution in [-0.2, 0) is 27.2 Å². The third kappa shape index (κ3) is 4.79. The molecular weight excluding hydrogens is 364 g/mol. The molecule has 1 N–H and O–H groups in total. The van der Waals surface area contributed by atoms with E-state index in [1.54, 1.807) is 18.4 Å². The maximum absolute atomic E-state index is 12.3. The Morgan fingerprint density at radius 2 is 2.04 bits per heavy atom. The van der Waals surface area contributed by atoms with Gasteiger partial charge in [0, 0.05) is 56.5 Å². The highest BCUT2D eigenvalue weighted by Crippen LogP contribution is 2.34. The Morgan fingerprint density at radius 3 is 2.70 bits per heavy atom. The lowest BCUT2D eigenvalue weighted by molar-refractivity contribution is -0.134. The Hall–Kier alpha value is -1.67. The number of nitrogens with zero attached hydrogens (tertiary/aromatic N) is 3. The number of aryl methyl sites for hydroxylation is 1. The number of rotatable bonds is 6. The topological polar surface area (TPSA) is 74.8 Å². The monoisotopic (exact) mass is 394 g/mol. The van der Waals surface area contributed by atoms with Crippen LogP contribution in [-0.4, -0.2) is 68.1 Å². The number of hydrogen-bond acceptors (Lipinski definition) is 6. The largest absolute Gasteiger partial charge is 0.383 e. The van der Waals surface area contributed by atoms with Crippen LogP contribution in [0.1, 0.15) is 30.8 Å². The zero-order valence-electron chi connectivity index (χ0n) is 16.5. The maximum atomic E-state index is 12.3. The van der Waals surface area contributed by atoms with Crippen molar-refractivity contribution in [2.45, 2.75) is 33.1 Å². The van der Waals surface area contributed by atoms with Crippen LogP contribution in [0, 0.1) is 11.8 Å². The van der Waals surface area contributed by atoms with Gasteiger partial charge in [-0.15, -0.1) is 11.3 Å². The van der Waals surface area contributed by atoms with E-state index in [1.165, 1.54) is 4.88 Å². The Labute approximate surface area is 165 Å². The highest BCUT2D eigenvalue weighted by atomic mass is 32.1. The third-order valence-electron chi connectivity index (χ3n) is 5.26. The molecule has 8 heteroatoms. The van der Waals surface area contributed by atoms with Crippen molar-refractivity contribution in [1.29, 1.82) is 0 Å². The summed E-state index contributed by atoms with van der Waals surface area (Å²) < 4.78 is 4.99. The Morgan fingerprint density at radius 1 is 1.30 bits per heavy atom. The standard InChI is InChI=1S/C19H30N4O3S/c1-13(2)18(25)22-7-9-23(10-8-22)19-21-15-5-4-14(12-16(15)27-19)17(24)20-6-11-26-3/h13-14H,4-12H2,1-3H3,(H,20,24)/t14-/m1/s1. The smallest absolute Gasteiger partial charge is 0.225 e. The van der Waals surface area contributed by atoms with Gasteiger partial charge < -0.3 is 19.9 Å².